The molecule has 3 atom stereocenters. The van der Waals surface area contributed by atoms with E-state index in [9.17, 15) is 14.4 Å². The molecule has 6 N–H and O–H groups in total. The van der Waals surface area contributed by atoms with E-state index in [0.29, 0.717) is 58.9 Å². The van der Waals surface area contributed by atoms with E-state index in [1.165, 1.54) is 73.1 Å². The Morgan fingerprint density at radius 3 is 1.26 bits per heavy atom. The summed E-state index contributed by atoms with van der Waals surface area (Å²) < 4.78 is 35.5. The summed E-state index contributed by atoms with van der Waals surface area (Å²) in [6, 6.07) is 29.4. The Morgan fingerprint density at radius 1 is 0.460 bits per heavy atom. The van der Waals surface area contributed by atoms with Gasteiger partial charge in [-0.3, -0.25) is 56.3 Å². The van der Waals surface area contributed by atoms with Gasteiger partial charge in [-0.1, -0.05) is 57.2 Å². The molecule has 0 radical (unpaired) electrons. The number of likely N-dealkylation sites (tertiary alicyclic amines) is 3. The Morgan fingerprint density at radius 2 is 0.865 bits per heavy atom. The molecule has 3 amide bonds. The largest absolute Gasteiger partial charge is 0.497 e. The lowest BCUT2D eigenvalue weighted by atomic mass is 10.0. The summed E-state index contributed by atoms with van der Waals surface area (Å²) in [5, 5.41) is 35.3. The lowest BCUT2D eigenvalue weighted by Gasteiger charge is -2.30. The number of carbonyl (C=O) groups is 3. The fourth-order valence-corrected chi connectivity index (χ4v) is 18.2. The minimum Gasteiger partial charge on any atom is -0.497 e. The molecule has 0 bridgehead atoms. The van der Waals surface area contributed by atoms with Crippen molar-refractivity contribution in [3.63, 3.8) is 0 Å². The predicted molar refractivity (Wildman–Crippen MR) is 493 cm³/mol. The number of methoxy groups -OCH3 is 2. The fraction of sp³-hybridized carbons (Fsp3) is 0.367. The van der Waals surface area contributed by atoms with Crippen molar-refractivity contribution in [1.82, 2.24) is 111 Å². The molecule has 33 nitrogen and oxygen atoms in total. The van der Waals surface area contributed by atoms with Crippen LogP contribution in [0.4, 0.5) is 43.8 Å². The van der Waals surface area contributed by atoms with Crippen LogP contribution >= 0.6 is 34.6 Å². The number of ether oxygens (including phenoxy) is 2. The van der Waals surface area contributed by atoms with Gasteiger partial charge in [0.1, 0.15) is 46.1 Å². The van der Waals surface area contributed by atoms with E-state index in [-0.39, 0.29) is 37.4 Å². The third kappa shape index (κ3) is 22.1. The molecule has 0 spiro atoms. The summed E-state index contributed by atoms with van der Waals surface area (Å²) in [7, 11) is 7.20. The summed E-state index contributed by atoms with van der Waals surface area (Å²) in [6.45, 7) is 23.4. The molecule has 18 rings (SSSR count). The number of carbonyl (C=O) groups excluding carboxylic acids is 3. The van der Waals surface area contributed by atoms with Gasteiger partial charge in [0, 0.05) is 126 Å². The van der Waals surface area contributed by atoms with Gasteiger partial charge in [0.15, 0.2) is 34.4 Å². The zero-order chi connectivity index (χ0) is 87.3. The van der Waals surface area contributed by atoms with Crippen LogP contribution in [0.3, 0.4) is 0 Å². The highest BCUT2D eigenvalue weighted by Gasteiger charge is 2.25. The molecule has 12 aromatic heterocycles. The van der Waals surface area contributed by atoms with Crippen LogP contribution in [0.15, 0.2) is 165 Å². The first-order chi connectivity index (χ1) is 61.2. The Hall–Kier alpha value is -12.9. The van der Waals surface area contributed by atoms with Gasteiger partial charge in [-0.25, -0.2) is 29.9 Å². The Bertz CT molecular complexity index is 6250. The zero-order valence-electron chi connectivity index (χ0n) is 72.6. The number of hydrogen-bond donors (Lipinski definition) is 6. The fourth-order valence-electron chi connectivity index (χ4n) is 16.2. The molecule has 15 heterocycles. The topological polar surface area (TPSA) is 338 Å². The second kappa shape index (κ2) is 40.0. The maximum atomic E-state index is 12.7. The van der Waals surface area contributed by atoms with Crippen molar-refractivity contribution in [2.24, 2.45) is 17.8 Å². The number of piperidine rings is 3. The molecule has 0 aliphatic carbocycles. The average Bonchev–Trinajstić information content (AvgIpc) is 1.63. The normalized spacial score (nSPS) is 15.7. The van der Waals surface area contributed by atoms with E-state index in [1.54, 1.807) is 65.2 Å². The molecule has 126 heavy (non-hydrogen) atoms. The first-order valence-corrected chi connectivity index (χ1v) is 44.8. The van der Waals surface area contributed by atoms with E-state index < -0.39 is 0 Å². The molecule has 3 fully saturated rings. The summed E-state index contributed by atoms with van der Waals surface area (Å²) in [5.41, 5.74) is 16.8. The number of nitrogens with zero attached hydrogens (tertiary/aromatic N) is 22. The van der Waals surface area contributed by atoms with Gasteiger partial charge >= 0.3 is 0 Å². The molecular weight excluding hydrogens is 1650 g/mol. The van der Waals surface area contributed by atoms with Gasteiger partial charge < -0.3 is 46.3 Å². The highest BCUT2D eigenvalue weighted by Crippen LogP contribution is 2.35. The number of amides is 3. The van der Waals surface area contributed by atoms with E-state index in [4.69, 9.17) is 28.8 Å². The van der Waals surface area contributed by atoms with Crippen LogP contribution in [0.25, 0.3) is 50.7 Å². The van der Waals surface area contributed by atoms with Crippen molar-refractivity contribution >= 4 is 113 Å². The third-order valence-electron chi connectivity index (χ3n) is 22.3. The maximum absolute atomic E-state index is 12.7. The molecule has 3 aliphatic rings. The van der Waals surface area contributed by atoms with Gasteiger partial charge in [-0.05, 0) is 197 Å². The van der Waals surface area contributed by atoms with Gasteiger partial charge in [0.2, 0.25) is 17.7 Å². The number of imidazole rings is 3. The summed E-state index contributed by atoms with van der Waals surface area (Å²) in [5.74, 6) is 5.20. The van der Waals surface area contributed by atoms with Crippen LogP contribution in [0, 0.1) is 38.5 Å². The minimum absolute atomic E-state index is 0.0617. The number of nitrogens with one attached hydrogen (secondary N) is 6. The molecule has 3 unspecified atom stereocenters. The molecule has 654 valence electrons. The lowest BCUT2D eigenvalue weighted by Crippen LogP contribution is -2.33. The molecule has 36 heteroatoms. The van der Waals surface area contributed by atoms with Gasteiger partial charge in [-0.15, -0.1) is 0 Å². The predicted octanol–water partition coefficient (Wildman–Crippen LogP) is 14.4. The number of rotatable bonds is 29. The van der Waals surface area contributed by atoms with Crippen molar-refractivity contribution in [1.29, 1.82) is 0 Å². The first-order valence-electron chi connectivity index (χ1n) is 42.5. The van der Waals surface area contributed by atoms with Gasteiger partial charge in [0.25, 0.3) is 0 Å². The van der Waals surface area contributed by atoms with Crippen LogP contribution in [0.1, 0.15) is 105 Å². The average molecular weight is 1760 g/mol. The van der Waals surface area contributed by atoms with Crippen molar-refractivity contribution in [3.8, 4) is 45.3 Å². The highest BCUT2D eigenvalue weighted by molar-refractivity contribution is 7.10. The molecule has 3 saturated heterocycles. The monoisotopic (exact) mass is 1750 g/mol. The van der Waals surface area contributed by atoms with E-state index in [1.807, 2.05) is 157 Å². The van der Waals surface area contributed by atoms with Crippen molar-refractivity contribution < 1.29 is 23.9 Å². The second-order valence-corrected chi connectivity index (χ2v) is 35.5. The number of anilines is 8. The SMILES string of the molecule is COc1ccc(CNC(=O)Cn2cc(-c3cnc4c(Nc5cc(CN6CCCC(C)C6)ns5)nc(C)cn34)cn2)cc1.COc1ccccc1NC(=O)Cn1cc(-c2cnc3c(Nc4cc(CN5CCCC(C)C5)ns4)nc(C)cn23)cn1.Cc1cn2c(-c3cnn(CC(=O)NCc4cccc(N(C)C)c4)c3)cnc2c(Nc2cc(CN3CCCC(C)C3)ns2)n1. The van der Waals surface area contributed by atoms with Crippen LogP contribution in [0.2, 0.25) is 0 Å². The van der Waals surface area contributed by atoms with Crippen LogP contribution in [-0.2, 0) is 66.7 Å². The highest BCUT2D eigenvalue weighted by atomic mass is 32.1. The summed E-state index contributed by atoms with van der Waals surface area (Å²) in [6.07, 6.45) is 29.8. The first kappa shape index (κ1) is 86.6. The summed E-state index contributed by atoms with van der Waals surface area (Å²) >= 11 is 4.33. The van der Waals surface area contributed by atoms with E-state index in [0.717, 1.165) is 182 Å². The molecule has 0 saturated carbocycles. The van der Waals surface area contributed by atoms with Crippen molar-refractivity contribution in [2.45, 2.75) is 132 Å². The Labute approximate surface area is 743 Å². The number of para-hydroxylation sites is 2. The summed E-state index contributed by atoms with van der Waals surface area (Å²) in [4.78, 5) is 75.7. The van der Waals surface area contributed by atoms with Crippen LogP contribution in [0.5, 0.6) is 11.5 Å². The molecule has 15 aromatic rings. The number of fused-ring (bicyclic) bond motifs is 3. The maximum Gasteiger partial charge on any atom is 0.246 e. The van der Waals surface area contributed by atoms with Crippen molar-refractivity contribution in [2.75, 3.05) is 93.8 Å². The lowest BCUT2D eigenvalue weighted by molar-refractivity contribution is -0.122. The molecular formula is C90H106N28O5S3. The Kier molecular flexibility index (Phi) is 27.5. The van der Waals surface area contributed by atoms with E-state index in [2.05, 4.69) is 131 Å². The van der Waals surface area contributed by atoms with Crippen LogP contribution < -0.4 is 46.3 Å². The van der Waals surface area contributed by atoms with Gasteiger partial charge in [0.05, 0.1) is 108 Å². The smallest absolute Gasteiger partial charge is 0.246 e. The third-order valence-corrected chi connectivity index (χ3v) is 24.5. The number of aryl methyl sites for hydroxylation is 3. The molecule has 3 aliphatic heterocycles. The number of benzene rings is 3. The second-order valence-electron chi connectivity index (χ2n) is 33.1. The van der Waals surface area contributed by atoms with Gasteiger partial charge in [-0.2, -0.15) is 28.4 Å². The van der Waals surface area contributed by atoms with Crippen LogP contribution in [-0.4, -0.2) is 186 Å². The quantitative estimate of drug-likeness (QED) is 0.0254. The number of hydrogen-bond acceptors (Lipinski definition) is 27. The molecule has 3 aromatic carbocycles. The van der Waals surface area contributed by atoms with E-state index >= 15 is 0 Å². The Balaban J connectivity index is 0.000000139. The minimum atomic E-state index is -0.201. The van der Waals surface area contributed by atoms with Crippen molar-refractivity contribution in [3.05, 3.63) is 211 Å². The standard InChI is InChI=1S/C31H38N10OS.C30H35N9O2S.C29H33N9O2S/c1-21-7-6-10-39(16-21)19-25-12-29(43-37-25)36-30-31-33-15-27(41(31)17-22(2)35-30)24-14-34-40(18-24)20-28(42)32-13-23-8-5-9-26(11-23)38(3)4;1-20-5-4-10-37(15-20)18-24-11-28(42-36-24)35-29-30-32-14-26(39(30)16-21(2)34-29)23-13-33-38(17-23)19-27(40)31-12-22-6-8-25(41-3)9-7-22;1-19-7-6-10-36(14-19)17-22-11-27(41-35-22)34-28-29-30-13-24(38(29)15-20(2)32-28)21-12-31-37(16-21)18-26(39)33-23-8-4-5-9-25(23)40-3/h5,8-9,11-12,14-15,17-18,21H,6-7,10,13,16,19-20H2,1-4H3,(H,32,42)(H,35,36);6-9,11,13-14,16-17,20H,4-5,10,12,15,18-19H2,1-3H3,(H,31,40)(H,34,35);4-5,8-9,11-13,15-16,19H,6-7,10,14,17-18H2,1-3H3,(H,32,34)(H,33,39). The number of aromatic nitrogens is 18. The zero-order valence-corrected chi connectivity index (χ0v) is 75.0.